The number of aliphatic hydroxyl groups is 1. The predicted octanol–water partition coefficient (Wildman–Crippen LogP) is 3.82. The number of rotatable bonds is 4. The number of carbonyl (C=O) groups excluding carboxylic acids is 1. The Hall–Kier alpha value is -2.63. The minimum atomic E-state index is -1.11. The number of thiophene rings is 1. The third-order valence-corrected chi connectivity index (χ3v) is 5.39. The number of hydrogen-bond donors (Lipinski definition) is 2. The van der Waals surface area contributed by atoms with E-state index in [2.05, 4.69) is 16.8 Å². The number of para-hydroxylation sites is 1. The second-order valence-electron chi connectivity index (χ2n) is 6.40. The maximum Gasteiger partial charge on any atom is 0.251 e. The fourth-order valence-electron chi connectivity index (χ4n) is 3.20. The van der Waals surface area contributed by atoms with Crippen molar-refractivity contribution in [1.29, 1.82) is 0 Å². The average molecular weight is 365 g/mol. The van der Waals surface area contributed by atoms with Crippen molar-refractivity contribution in [2.45, 2.75) is 12.0 Å². The molecule has 26 heavy (non-hydrogen) atoms. The van der Waals surface area contributed by atoms with Crippen molar-refractivity contribution in [2.75, 3.05) is 13.2 Å². The molecule has 0 radical (unpaired) electrons. The summed E-state index contributed by atoms with van der Waals surface area (Å²) in [5, 5.41) is 18.0. The zero-order valence-electron chi connectivity index (χ0n) is 14.1. The van der Waals surface area contributed by atoms with Gasteiger partial charge >= 0.3 is 0 Å². The summed E-state index contributed by atoms with van der Waals surface area (Å²) in [6.07, 6.45) is 0.446. The number of hydrogen-bond acceptors (Lipinski definition) is 4. The quantitative estimate of drug-likeness (QED) is 0.739. The molecule has 5 heteroatoms. The van der Waals surface area contributed by atoms with Crippen molar-refractivity contribution in [3.05, 3.63) is 76.5 Å². The normalized spacial score (nSPS) is 18.7. The summed E-state index contributed by atoms with van der Waals surface area (Å²) in [5.41, 5.74) is 2.42. The molecule has 0 aliphatic carbocycles. The van der Waals surface area contributed by atoms with E-state index in [1.165, 1.54) is 0 Å². The molecule has 132 valence electrons. The van der Waals surface area contributed by atoms with Gasteiger partial charge in [-0.1, -0.05) is 30.3 Å². The van der Waals surface area contributed by atoms with Crippen LogP contribution in [0.5, 0.6) is 5.75 Å². The standard InChI is InChI=1S/C21H19NO3S/c23-20(16-7-5-15(6-8-16)17-9-12-26-13-17)22-14-21(24)10-11-25-19-4-2-1-3-18(19)21/h1-9,12-13,24H,10-11,14H2,(H,22,23)/t21-/m0/s1. The second kappa shape index (κ2) is 6.94. The molecule has 1 aliphatic rings. The van der Waals surface area contributed by atoms with Crippen LogP contribution in [0.3, 0.4) is 0 Å². The van der Waals surface area contributed by atoms with Gasteiger partial charge in [-0.3, -0.25) is 4.79 Å². The fourth-order valence-corrected chi connectivity index (χ4v) is 3.86. The lowest BCUT2D eigenvalue weighted by Crippen LogP contribution is -2.43. The van der Waals surface area contributed by atoms with Gasteiger partial charge in [0.15, 0.2) is 0 Å². The maximum atomic E-state index is 12.5. The van der Waals surface area contributed by atoms with Gasteiger partial charge < -0.3 is 15.2 Å². The Kier molecular flexibility index (Phi) is 4.49. The van der Waals surface area contributed by atoms with E-state index in [4.69, 9.17) is 4.74 Å². The van der Waals surface area contributed by atoms with E-state index in [1.807, 2.05) is 53.9 Å². The molecule has 0 bridgehead atoms. The van der Waals surface area contributed by atoms with Crippen molar-refractivity contribution < 1.29 is 14.6 Å². The third kappa shape index (κ3) is 3.23. The van der Waals surface area contributed by atoms with Crippen LogP contribution >= 0.6 is 11.3 Å². The molecule has 2 N–H and O–H groups in total. The summed E-state index contributed by atoms with van der Waals surface area (Å²) in [6.45, 7) is 0.581. The highest BCUT2D eigenvalue weighted by atomic mass is 32.1. The second-order valence-corrected chi connectivity index (χ2v) is 7.18. The van der Waals surface area contributed by atoms with Crippen molar-refractivity contribution in [3.63, 3.8) is 0 Å². The van der Waals surface area contributed by atoms with Crippen molar-refractivity contribution in [1.82, 2.24) is 5.32 Å². The van der Waals surface area contributed by atoms with Crippen LogP contribution in [0.25, 0.3) is 11.1 Å². The largest absolute Gasteiger partial charge is 0.493 e. The Morgan fingerprint density at radius 1 is 1.12 bits per heavy atom. The molecular weight excluding hydrogens is 346 g/mol. The zero-order chi connectivity index (χ0) is 18.0. The summed E-state index contributed by atoms with van der Waals surface area (Å²) < 4.78 is 5.59. The van der Waals surface area contributed by atoms with Crippen LogP contribution in [0, 0.1) is 0 Å². The van der Waals surface area contributed by atoms with Gasteiger partial charge in [0.25, 0.3) is 5.91 Å². The molecule has 0 fully saturated rings. The van der Waals surface area contributed by atoms with E-state index in [1.54, 1.807) is 11.3 Å². The van der Waals surface area contributed by atoms with Crippen LogP contribution in [-0.2, 0) is 5.60 Å². The molecule has 0 unspecified atom stereocenters. The monoisotopic (exact) mass is 365 g/mol. The first-order valence-corrected chi connectivity index (χ1v) is 9.45. The summed E-state index contributed by atoms with van der Waals surface area (Å²) in [5.74, 6) is 0.481. The van der Waals surface area contributed by atoms with Crippen LogP contribution in [0.1, 0.15) is 22.3 Å². The SMILES string of the molecule is O=C(NC[C@@]1(O)CCOc2ccccc21)c1ccc(-c2ccsc2)cc1. The lowest BCUT2D eigenvalue weighted by Gasteiger charge is -2.34. The Morgan fingerprint density at radius 2 is 1.92 bits per heavy atom. The van der Waals surface area contributed by atoms with Gasteiger partial charge in [0, 0.05) is 17.5 Å². The van der Waals surface area contributed by atoms with Crippen LogP contribution in [0.15, 0.2) is 65.4 Å². The van der Waals surface area contributed by atoms with E-state index in [0.717, 1.165) is 16.7 Å². The van der Waals surface area contributed by atoms with E-state index < -0.39 is 5.60 Å². The molecule has 1 amide bonds. The number of fused-ring (bicyclic) bond motifs is 1. The van der Waals surface area contributed by atoms with Gasteiger partial charge in [0.2, 0.25) is 0 Å². The summed E-state index contributed by atoms with van der Waals surface area (Å²) in [4.78, 5) is 12.5. The molecule has 3 aromatic rings. The minimum absolute atomic E-state index is 0.151. The first-order valence-electron chi connectivity index (χ1n) is 8.51. The number of amides is 1. The maximum absolute atomic E-state index is 12.5. The minimum Gasteiger partial charge on any atom is -0.493 e. The predicted molar refractivity (Wildman–Crippen MR) is 103 cm³/mol. The Bertz CT molecular complexity index is 905. The van der Waals surface area contributed by atoms with Crippen molar-refractivity contribution >= 4 is 17.2 Å². The highest BCUT2D eigenvalue weighted by Crippen LogP contribution is 2.36. The van der Waals surface area contributed by atoms with E-state index in [9.17, 15) is 9.90 Å². The molecule has 0 spiro atoms. The molecule has 2 heterocycles. The zero-order valence-corrected chi connectivity index (χ0v) is 15.0. The smallest absolute Gasteiger partial charge is 0.251 e. The van der Waals surface area contributed by atoms with Crippen LogP contribution in [0.2, 0.25) is 0 Å². The first kappa shape index (κ1) is 16.8. The average Bonchev–Trinajstić information content (AvgIpc) is 3.22. The highest BCUT2D eigenvalue weighted by molar-refractivity contribution is 7.08. The van der Waals surface area contributed by atoms with Crippen molar-refractivity contribution in [3.8, 4) is 16.9 Å². The Labute approximate surface area is 156 Å². The summed E-state index contributed by atoms with van der Waals surface area (Å²) in [6, 6.07) is 17.0. The summed E-state index contributed by atoms with van der Waals surface area (Å²) in [7, 11) is 0. The Balaban J connectivity index is 1.46. The third-order valence-electron chi connectivity index (χ3n) is 4.70. The molecule has 1 aromatic heterocycles. The van der Waals surface area contributed by atoms with Gasteiger partial charge in [-0.15, -0.1) is 0 Å². The molecule has 4 nitrogen and oxygen atoms in total. The fraction of sp³-hybridized carbons (Fsp3) is 0.190. The number of nitrogens with one attached hydrogen (secondary N) is 1. The van der Waals surface area contributed by atoms with Gasteiger partial charge in [-0.05, 0) is 46.2 Å². The summed E-state index contributed by atoms with van der Waals surface area (Å²) >= 11 is 1.65. The van der Waals surface area contributed by atoms with Crippen LogP contribution in [0.4, 0.5) is 0 Å². The molecule has 0 saturated heterocycles. The molecule has 1 aliphatic heterocycles. The number of benzene rings is 2. The highest BCUT2D eigenvalue weighted by Gasteiger charge is 2.35. The van der Waals surface area contributed by atoms with Gasteiger partial charge in [-0.2, -0.15) is 11.3 Å². The van der Waals surface area contributed by atoms with Crippen LogP contribution < -0.4 is 10.1 Å². The van der Waals surface area contributed by atoms with Crippen molar-refractivity contribution in [2.24, 2.45) is 0 Å². The number of ether oxygens (including phenoxy) is 1. The lowest BCUT2D eigenvalue weighted by molar-refractivity contribution is -0.00160. The van der Waals surface area contributed by atoms with Gasteiger partial charge in [0.1, 0.15) is 11.4 Å². The van der Waals surface area contributed by atoms with E-state index >= 15 is 0 Å². The van der Waals surface area contributed by atoms with E-state index in [-0.39, 0.29) is 12.5 Å². The first-order chi connectivity index (χ1) is 12.7. The van der Waals surface area contributed by atoms with Gasteiger partial charge in [-0.25, -0.2) is 0 Å². The lowest BCUT2D eigenvalue weighted by atomic mass is 9.88. The van der Waals surface area contributed by atoms with Crippen LogP contribution in [-0.4, -0.2) is 24.2 Å². The Morgan fingerprint density at radius 3 is 2.69 bits per heavy atom. The van der Waals surface area contributed by atoms with E-state index in [0.29, 0.717) is 24.3 Å². The molecule has 4 rings (SSSR count). The molecule has 0 saturated carbocycles. The molecular formula is C21H19NO3S. The molecule has 2 aromatic carbocycles. The van der Waals surface area contributed by atoms with Gasteiger partial charge in [0.05, 0.1) is 13.2 Å². The molecule has 1 atom stereocenters. The topological polar surface area (TPSA) is 58.6 Å². The number of carbonyl (C=O) groups is 1.